The molecule has 8 nitrogen and oxygen atoms in total. The highest BCUT2D eigenvalue weighted by atomic mass is 35.5. The number of amides is 1. The molecule has 2 aliphatic rings. The van der Waals surface area contributed by atoms with Gasteiger partial charge in [-0.15, -0.1) is 0 Å². The topological polar surface area (TPSA) is 83.7 Å². The summed E-state index contributed by atoms with van der Waals surface area (Å²) in [6.45, 7) is 5.94. The van der Waals surface area contributed by atoms with Crippen LogP contribution < -0.4 is 4.74 Å². The van der Waals surface area contributed by atoms with Crippen LogP contribution in [0.2, 0.25) is 5.02 Å². The van der Waals surface area contributed by atoms with Crippen molar-refractivity contribution in [2.24, 2.45) is 0 Å². The standard InChI is InChI=1S/C32H29ClFN5O3/c1-3-26(41)38-14-20(15-38)39-17-35-30-31(39)24-13-25(33)27(23-12-21(40)11-18-7-4-5-9-22(18)23)28(34)29(24)36-32(30)42-16-19-8-6-10-37(19)2/h3-5,7,9,11-13,17,19-20,40H,1,6,8,10,14-16H2,2H3/t19-/m0/s1. The van der Waals surface area contributed by atoms with E-state index in [1.54, 1.807) is 23.4 Å². The Labute approximate surface area is 246 Å². The van der Waals surface area contributed by atoms with Gasteiger partial charge in [-0.3, -0.25) is 4.79 Å². The molecule has 0 radical (unpaired) electrons. The number of carbonyl (C=O) groups is 1. The van der Waals surface area contributed by atoms with Crippen LogP contribution in [0.1, 0.15) is 18.9 Å². The zero-order chi connectivity index (χ0) is 29.1. The highest BCUT2D eigenvalue weighted by molar-refractivity contribution is 6.35. The zero-order valence-corrected chi connectivity index (χ0v) is 23.8. The van der Waals surface area contributed by atoms with Gasteiger partial charge in [-0.1, -0.05) is 42.4 Å². The number of aromatic nitrogens is 3. The maximum atomic E-state index is 16.7. The molecule has 5 aromatic rings. The van der Waals surface area contributed by atoms with Crippen molar-refractivity contribution in [3.05, 3.63) is 72.3 Å². The zero-order valence-electron chi connectivity index (χ0n) is 23.1. The van der Waals surface area contributed by atoms with E-state index in [0.29, 0.717) is 41.7 Å². The Morgan fingerprint density at radius 3 is 2.79 bits per heavy atom. The summed E-state index contributed by atoms with van der Waals surface area (Å²) in [5.41, 5.74) is 1.89. The number of ether oxygens (including phenoxy) is 1. The molecule has 42 heavy (non-hydrogen) atoms. The van der Waals surface area contributed by atoms with Crippen LogP contribution in [0.3, 0.4) is 0 Å². The third-order valence-electron chi connectivity index (χ3n) is 8.60. The normalized spacial score (nSPS) is 17.8. The van der Waals surface area contributed by atoms with Crippen LogP contribution in [0.5, 0.6) is 11.6 Å². The number of pyridine rings is 1. The summed E-state index contributed by atoms with van der Waals surface area (Å²) in [7, 11) is 2.07. The lowest BCUT2D eigenvalue weighted by Gasteiger charge is -2.39. The molecule has 0 unspecified atom stereocenters. The van der Waals surface area contributed by atoms with Gasteiger partial charge >= 0.3 is 0 Å². The predicted molar refractivity (Wildman–Crippen MR) is 162 cm³/mol. The molecular weight excluding hydrogens is 557 g/mol. The van der Waals surface area contributed by atoms with Crippen molar-refractivity contribution in [1.82, 2.24) is 24.3 Å². The van der Waals surface area contributed by atoms with Gasteiger partial charge in [0.15, 0.2) is 11.3 Å². The first kappa shape index (κ1) is 26.7. The van der Waals surface area contributed by atoms with E-state index in [4.69, 9.17) is 21.3 Å². The number of carbonyl (C=O) groups excluding carboxylic acids is 1. The number of benzene rings is 3. The van der Waals surface area contributed by atoms with Gasteiger partial charge in [0.05, 0.1) is 22.9 Å². The van der Waals surface area contributed by atoms with Crippen LogP contribution in [0.4, 0.5) is 4.39 Å². The summed E-state index contributed by atoms with van der Waals surface area (Å²) < 4.78 is 25.0. The molecule has 0 spiro atoms. The number of phenolic OH excluding ortho intramolecular Hbond substituents is 1. The molecule has 3 aromatic carbocycles. The number of likely N-dealkylation sites (N-methyl/N-ethyl adjacent to an activating group) is 1. The average Bonchev–Trinajstić information content (AvgIpc) is 3.57. The fraction of sp³-hybridized carbons (Fsp3) is 0.281. The fourth-order valence-corrected chi connectivity index (χ4v) is 6.56. The minimum absolute atomic E-state index is 0.00839. The van der Waals surface area contributed by atoms with Crippen molar-refractivity contribution in [2.45, 2.75) is 24.9 Å². The lowest BCUT2D eigenvalue weighted by Crippen LogP contribution is -2.49. The highest BCUT2D eigenvalue weighted by Gasteiger charge is 2.33. The Balaban J connectivity index is 1.42. The van der Waals surface area contributed by atoms with Crippen molar-refractivity contribution >= 4 is 50.2 Å². The summed E-state index contributed by atoms with van der Waals surface area (Å²) in [4.78, 5) is 25.4. The summed E-state index contributed by atoms with van der Waals surface area (Å²) >= 11 is 6.85. The summed E-state index contributed by atoms with van der Waals surface area (Å²) in [6.07, 6.45) is 5.10. The van der Waals surface area contributed by atoms with Gasteiger partial charge in [0, 0.05) is 30.1 Å². The van der Waals surface area contributed by atoms with Gasteiger partial charge in [0.1, 0.15) is 17.9 Å². The molecule has 2 fully saturated rings. The van der Waals surface area contributed by atoms with Crippen molar-refractivity contribution in [2.75, 3.05) is 33.3 Å². The molecule has 0 saturated carbocycles. The molecule has 0 aliphatic carbocycles. The van der Waals surface area contributed by atoms with Crippen LogP contribution in [0.15, 0.2) is 61.4 Å². The van der Waals surface area contributed by atoms with Crippen molar-refractivity contribution in [3.8, 4) is 22.8 Å². The molecule has 2 aliphatic heterocycles. The van der Waals surface area contributed by atoms with Gasteiger partial charge in [-0.2, -0.15) is 0 Å². The minimum atomic E-state index is -0.609. The Kier molecular flexibility index (Phi) is 6.51. The third kappa shape index (κ3) is 4.26. The lowest BCUT2D eigenvalue weighted by atomic mass is 9.96. The van der Waals surface area contributed by atoms with E-state index in [1.807, 2.05) is 28.8 Å². The quantitative estimate of drug-likeness (QED) is 0.248. The number of imidazole rings is 1. The number of fused-ring (bicyclic) bond motifs is 4. The Morgan fingerprint density at radius 2 is 2.02 bits per heavy atom. The van der Waals surface area contributed by atoms with Gasteiger partial charge < -0.3 is 24.2 Å². The van der Waals surface area contributed by atoms with Gasteiger partial charge in [-0.05, 0) is 67.0 Å². The molecular formula is C32H29ClFN5O3. The molecule has 1 amide bonds. The van der Waals surface area contributed by atoms with Crippen LogP contribution >= 0.6 is 11.6 Å². The molecule has 1 atom stereocenters. The summed E-state index contributed by atoms with van der Waals surface area (Å²) in [5, 5.41) is 12.7. The molecule has 1 N–H and O–H groups in total. The van der Waals surface area contributed by atoms with E-state index in [0.717, 1.165) is 30.2 Å². The van der Waals surface area contributed by atoms with Crippen LogP contribution in [0, 0.1) is 5.82 Å². The Bertz CT molecular complexity index is 1900. The second kappa shape index (κ2) is 10.3. The number of rotatable bonds is 6. The molecule has 4 heterocycles. The maximum Gasteiger partial charge on any atom is 0.246 e. The predicted octanol–water partition coefficient (Wildman–Crippen LogP) is 5.95. The van der Waals surface area contributed by atoms with E-state index < -0.39 is 5.82 Å². The monoisotopic (exact) mass is 585 g/mol. The molecule has 7 rings (SSSR count). The Morgan fingerprint density at radius 1 is 1.21 bits per heavy atom. The summed E-state index contributed by atoms with van der Waals surface area (Å²) in [6, 6.07) is 12.5. The van der Waals surface area contributed by atoms with Crippen molar-refractivity contribution < 1.29 is 19.0 Å². The SMILES string of the molecule is C=CC(=O)N1CC(n2cnc3c(OC[C@@H]4CCCN4C)nc4c(F)c(-c5cc(O)cc6ccccc56)c(Cl)cc4c32)C1. The first-order chi connectivity index (χ1) is 20.3. The van der Waals surface area contributed by atoms with Crippen LogP contribution in [0.25, 0.3) is 43.8 Å². The number of likely N-dealkylation sites (tertiary alicyclic amines) is 2. The average molecular weight is 586 g/mol. The van der Waals surface area contributed by atoms with E-state index >= 15 is 4.39 Å². The summed E-state index contributed by atoms with van der Waals surface area (Å²) in [5.74, 6) is -0.483. The number of halogens is 2. The minimum Gasteiger partial charge on any atom is -0.508 e. The van der Waals surface area contributed by atoms with Crippen LogP contribution in [-0.4, -0.2) is 74.7 Å². The van der Waals surface area contributed by atoms with Crippen LogP contribution in [-0.2, 0) is 4.79 Å². The van der Waals surface area contributed by atoms with Crippen molar-refractivity contribution in [1.29, 1.82) is 0 Å². The molecule has 0 bridgehead atoms. The largest absolute Gasteiger partial charge is 0.508 e. The lowest BCUT2D eigenvalue weighted by molar-refractivity contribution is -0.131. The third-order valence-corrected chi connectivity index (χ3v) is 8.90. The van der Waals surface area contributed by atoms with Gasteiger partial charge in [0.2, 0.25) is 11.8 Å². The van der Waals surface area contributed by atoms with Gasteiger partial charge in [-0.25, -0.2) is 14.4 Å². The van der Waals surface area contributed by atoms with E-state index in [2.05, 4.69) is 23.5 Å². The molecule has 2 aromatic heterocycles. The van der Waals surface area contributed by atoms with E-state index in [1.165, 1.54) is 12.1 Å². The number of aromatic hydroxyl groups is 1. The number of phenols is 1. The number of nitrogens with zero attached hydrogens (tertiary/aromatic N) is 5. The number of hydrogen-bond donors (Lipinski definition) is 1. The van der Waals surface area contributed by atoms with Crippen molar-refractivity contribution in [3.63, 3.8) is 0 Å². The Hall–Kier alpha value is -4.21. The smallest absolute Gasteiger partial charge is 0.246 e. The maximum absolute atomic E-state index is 16.7. The number of hydrogen-bond acceptors (Lipinski definition) is 6. The molecule has 10 heteroatoms. The first-order valence-electron chi connectivity index (χ1n) is 14.0. The van der Waals surface area contributed by atoms with E-state index in [-0.39, 0.29) is 45.7 Å². The highest BCUT2D eigenvalue weighted by Crippen LogP contribution is 2.43. The molecule has 214 valence electrons. The molecule has 2 saturated heterocycles. The second-order valence-corrected chi connectivity index (χ2v) is 11.5. The van der Waals surface area contributed by atoms with Gasteiger partial charge in [0.25, 0.3) is 0 Å². The second-order valence-electron chi connectivity index (χ2n) is 11.1. The van der Waals surface area contributed by atoms with E-state index in [9.17, 15) is 9.90 Å². The first-order valence-corrected chi connectivity index (χ1v) is 14.4. The fourth-order valence-electron chi connectivity index (χ4n) is 6.27.